The van der Waals surface area contributed by atoms with Crippen molar-refractivity contribution in [3.63, 3.8) is 0 Å². The fourth-order valence-corrected chi connectivity index (χ4v) is 1.99. The Morgan fingerprint density at radius 1 is 1.36 bits per heavy atom. The fraction of sp³-hybridized carbons (Fsp3) is 0.100. The Bertz CT molecular complexity index is 523. The molecule has 2 rings (SSSR count). The van der Waals surface area contributed by atoms with E-state index >= 15 is 0 Å². The van der Waals surface area contributed by atoms with E-state index in [0.29, 0.717) is 5.15 Å². The summed E-state index contributed by atoms with van der Waals surface area (Å²) in [6.45, 7) is 0. The molecule has 0 radical (unpaired) electrons. The molecule has 0 aliphatic heterocycles. The summed E-state index contributed by atoms with van der Waals surface area (Å²) in [5.74, 6) is 0. The Hall–Kier alpha value is -1.17. The molecule has 70 valence electrons. The standard InChI is InChI=1S/C10H6Cl2N2/c11-10-8(5-6-13)7-3-1-2-4-9(7)14(10)12/h1-4H,5H2. The molecule has 0 unspecified atom stereocenters. The predicted molar refractivity (Wildman–Crippen MR) is 57.5 cm³/mol. The zero-order valence-electron chi connectivity index (χ0n) is 7.17. The molecule has 0 amide bonds. The van der Waals surface area contributed by atoms with Gasteiger partial charge in [0.2, 0.25) is 0 Å². The van der Waals surface area contributed by atoms with Crippen molar-refractivity contribution in [2.24, 2.45) is 0 Å². The topological polar surface area (TPSA) is 28.7 Å². The van der Waals surface area contributed by atoms with Crippen LogP contribution in [0, 0.1) is 11.3 Å². The maximum Gasteiger partial charge on any atom is 0.129 e. The highest BCUT2D eigenvalue weighted by atomic mass is 35.5. The Labute approximate surface area is 91.4 Å². The Morgan fingerprint density at radius 3 is 2.79 bits per heavy atom. The van der Waals surface area contributed by atoms with Gasteiger partial charge < -0.3 is 0 Å². The molecular formula is C10H6Cl2N2. The van der Waals surface area contributed by atoms with E-state index in [4.69, 9.17) is 28.6 Å². The van der Waals surface area contributed by atoms with E-state index in [2.05, 4.69) is 6.07 Å². The molecule has 0 atom stereocenters. The summed E-state index contributed by atoms with van der Waals surface area (Å²) >= 11 is 12.0. The minimum Gasteiger partial charge on any atom is -0.242 e. The summed E-state index contributed by atoms with van der Waals surface area (Å²) < 4.78 is 1.38. The van der Waals surface area contributed by atoms with Gasteiger partial charge >= 0.3 is 0 Å². The molecule has 0 bridgehead atoms. The van der Waals surface area contributed by atoms with E-state index in [0.717, 1.165) is 16.5 Å². The maximum absolute atomic E-state index is 8.65. The first-order valence-corrected chi connectivity index (χ1v) is 4.78. The van der Waals surface area contributed by atoms with Gasteiger partial charge in [-0.25, -0.2) is 4.09 Å². The van der Waals surface area contributed by atoms with Gasteiger partial charge in [-0.1, -0.05) is 29.8 Å². The van der Waals surface area contributed by atoms with Gasteiger partial charge in [-0.15, -0.1) is 0 Å². The maximum atomic E-state index is 8.65. The second-order valence-corrected chi connectivity index (χ2v) is 3.60. The van der Waals surface area contributed by atoms with Crippen molar-refractivity contribution in [3.8, 4) is 6.07 Å². The number of nitriles is 1. The first-order chi connectivity index (χ1) is 6.75. The van der Waals surface area contributed by atoms with Crippen molar-refractivity contribution in [2.45, 2.75) is 6.42 Å². The van der Waals surface area contributed by atoms with Gasteiger partial charge in [-0.05, 0) is 6.07 Å². The highest BCUT2D eigenvalue weighted by molar-refractivity contribution is 6.36. The summed E-state index contributed by atoms with van der Waals surface area (Å²) in [6, 6.07) is 9.64. The molecule has 2 nitrogen and oxygen atoms in total. The zero-order valence-corrected chi connectivity index (χ0v) is 8.68. The van der Waals surface area contributed by atoms with E-state index < -0.39 is 0 Å². The van der Waals surface area contributed by atoms with E-state index in [1.54, 1.807) is 0 Å². The lowest BCUT2D eigenvalue weighted by atomic mass is 10.1. The Morgan fingerprint density at radius 2 is 2.07 bits per heavy atom. The smallest absolute Gasteiger partial charge is 0.129 e. The van der Waals surface area contributed by atoms with E-state index in [1.807, 2.05) is 24.3 Å². The van der Waals surface area contributed by atoms with Crippen LogP contribution in [0.2, 0.25) is 5.15 Å². The molecule has 0 N–H and O–H groups in total. The summed E-state index contributed by atoms with van der Waals surface area (Å²) in [4.78, 5) is 0. The van der Waals surface area contributed by atoms with Gasteiger partial charge in [0.25, 0.3) is 0 Å². The fourth-order valence-electron chi connectivity index (χ4n) is 1.48. The number of fused-ring (bicyclic) bond motifs is 1. The molecule has 2 aromatic rings. The summed E-state index contributed by atoms with van der Waals surface area (Å²) in [7, 11) is 0. The van der Waals surface area contributed by atoms with Crippen LogP contribution in [0.4, 0.5) is 0 Å². The molecule has 0 spiro atoms. The van der Waals surface area contributed by atoms with Crippen molar-refractivity contribution in [1.29, 1.82) is 5.26 Å². The van der Waals surface area contributed by atoms with Crippen LogP contribution in [0.1, 0.15) is 5.56 Å². The molecule has 1 aromatic heterocycles. The summed E-state index contributed by atoms with van der Waals surface area (Å²) in [6.07, 6.45) is 0.277. The van der Waals surface area contributed by atoms with Crippen LogP contribution in [0.3, 0.4) is 0 Å². The van der Waals surface area contributed by atoms with Gasteiger partial charge in [-0.2, -0.15) is 5.26 Å². The second kappa shape index (κ2) is 3.53. The average molecular weight is 225 g/mol. The van der Waals surface area contributed by atoms with E-state index in [9.17, 15) is 0 Å². The first kappa shape index (κ1) is 9.39. The van der Waals surface area contributed by atoms with Crippen LogP contribution in [0.25, 0.3) is 10.9 Å². The third-order valence-electron chi connectivity index (χ3n) is 2.12. The predicted octanol–water partition coefficient (Wildman–Crippen LogP) is 3.36. The van der Waals surface area contributed by atoms with Crippen molar-refractivity contribution in [1.82, 2.24) is 4.09 Å². The third kappa shape index (κ3) is 1.26. The van der Waals surface area contributed by atoms with Crippen LogP contribution in [0.15, 0.2) is 24.3 Å². The van der Waals surface area contributed by atoms with Crippen molar-refractivity contribution >= 4 is 34.3 Å². The molecule has 0 aliphatic rings. The van der Waals surface area contributed by atoms with Crippen LogP contribution in [-0.2, 0) is 6.42 Å². The van der Waals surface area contributed by atoms with E-state index in [-0.39, 0.29) is 6.42 Å². The van der Waals surface area contributed by atoms with Crippen molar-refractivity contribution in [2.75, 3.05) is 0 Å². The van der Waals surface area contributed by atoms with Crippen LogP contribution < -0.4 is 0 Å². The second-order valence-electron chi connectivity index (χ2n) is 2.90. The quantitative estimate of drug-likeness (QED) is 0.731. The van der Waals surface area contributed by atoms with Crippen LogP contribution in [-0.4, -0.2) is 4.09 Å². The van der Waals surface area contributed by atoms with E-state index in [1.165, 1.54) is 4.09 Å². The zero-order chi connectivity index (χ0) is 10.1. The lowest BCUT2D eigenvalue weighted by Gasteiger charge is -1.91. The van der Waals surface area contributed by atoms with Gasteiger partial charge in [0.1, 0.15) is 5.15 Å². The summed E-state index contributed by atoms with van der Waals surface area (Å²) in [5, 5.41) is 10.0. The number of hydrogen-bond donors (Lipinski definition) is 0. The minimum atomic E-state index is 0.277. The lowest BCUT2D eigenvalue weighted by molar-refractivity contribution is 1.24. The molecule has 4 heteroatoms. The third-order valence-corrected chi connectivity index (χ3v) is 2.95. The molecule has 0 fully saturated rings. The molecular weight excluding hydrogens is 219 g/mol. The number of halogens is 2. The number of benzene rings is 1. The largest absolute Gasteiger partial charge is 0.242 e. The van der Waals surface area contributed by atoms with Gasteiger partial charge in [0.05, 0.1) is 18.0 Å². The molecule has 1 heterocycles. The van der Waals surface area contributed by atoms with Gasteiger partial charge in [-0.3, -0.25) is 0 Å². The Kier molecular flexibility index (Phi) is 2.37. The lowest BCUT2D eigenvalue weighted by Crippen LogP contribution is -1.80. The normalized spacial score (nSPS) is 10.4. The van der Waals surface area contributed by atoms with Gasteiger partial charge in [0.15, 0.2) is 0 Å². The minimum absolute atomic E-state index is 0.277. The molecule has 14 heavy (non-hydrogen) atoms. The van der Waals surface area contributed by atoms with Gasteiger partial charge in [0, 0.05) is 22.7 Å². The number of rotatable bonds is 1. The number of aromatic nitrogens is 1. The average Bonchev–Trinajstić information content (AvgIpc) is 2.45. The highest BCUT2D eigenvalue weighted by Gasteiger charge is 2.13. The summed E-state index contributed by atoms with van der Waals surface area (Å²) in [5.41, 5.74) is 1.63. The SMILES string of the molecule is N#CCc1c(Cl)n(Cl)c2ccccc12. The Balaban J connectivity index is 2.82. The van der Waals surface area contributed by atoms with Crippen LogP contribution in [0.5, 0.6) is 0 Å². The monoisotopic (exact) mass is 224 g/mol. The molecule has 0 aliphatic carbocycles. The van der Waals surface area contributed by atoms with Crippen molar-refractivity contribution < 1.29 is 0 Å². The number of nitrogens with zero attached hydrogens (tertiary/aromatic N) is 2. The number of para-hydroxylation sites is 1. The highest BCUT2D eigenvalue weighted by Crippen LogP contribution is 2.30. The molecule has 0 saturated carbocycles. The van der Waals surface area contributed by atoms with Crippen LogP contribution >= 0.6 is 23.4 Å². The number of hydrogen-bond acceptors (Lipinski definition) is 1. The van der Waals surface area contributed by atoms with Crippen molar-refractivity contribution in [3.05, 3.63) is 35.0 Å². The first-order valence-electron chi connectivity index (χ1n) is 4.06. The molecule has 0 saturated heterocycles. The molecule has 1 aromatic carbocycles.